The Labute approximate surface area is 97.5 Å². The van der Waals surface area contributed by atoms with Crippen molar-refractivity contribution in [2.24, 2.45) is 0 Å². The van der Waals surface area contributed by atoms with Crippen LogP contribution in [-0.4, -0.2) is 29.0 Å². The fourth-order valence-electron chi connectivity index (χ4n) is 1.91. The van der Waals surface area contributed by atoms with E-state index in [4.69, 9.17) is 4.74 Å². The molecular weight excluding hydrogens is 224 g/mol. The summed E-state index contributed by atoms with van der Waals surface area (Å²) in [6.07, 6.45) is 2.91. The van der Waals surface area contributed by atoms with Crippen LogP contribution in [0.1, 0.15) is 13.3 Å². The molecule has 0 saturated carbocycles. The Hall–Kier alpha value is -2.11. The van der Waals surface area contributed by atoms with Crippen molar-refractivity contribution in [2.45, 2.75) is 18.9 Å². The zero-order valence-electron chi connectivity index (χ0n) is 9.30. The third kappa shape index (κ3) is 1.61. The first-order chi connectivity index (χ1) is 8.11. The van der Waals surface area contributed by atoms with E-state index in [0.717, 1.165) is 0 Å². The predicted octanol–water partition coefficient (Wildman–Crippen LogP) is -0.207. The van der Waals surface area contributed by atoms with Crippen molar-refractivity contribution in [1.29, 1.82) is 0 Å². The fraction of sp³-hybridized carbons (Fsp3) is 0.364. The molecule has 1 fully saturated rings. The maximum atomic E-state index is 12.0. The average Bonchev–Trinajstić information content (AvgIpc) is 2.86. The topological polar surface area (TPSA) is 77.4 Å². The van der Waals surface area contributed by atoms with Crippen LogP contribution in [0.5, 0.6) is 0 Å². The second-order valence-electron chi connectivity index (χ2n) is 3.73. The summed E-state index contributed by atoms with van der Waals surface area (Å²) in [4.78, 5) is 35.2. The molecular formula is C11H12N2O4. The SMILES string of the molecule is CCOC(=O)[C@]1(n2cccc2)CC(=O)NC1=O. The lowest BCUT2D eigenvalue weighted by molar-refractivity contribution is -0.157. The number of carbonyl (C=O) groups excluding carboxylic acids is 3. The summed E-state index contributed by atoms with van der Waals surface area (Å²) >= 11 is 0. The summed E-state index contributed by atoms with van der Waals surface area (Å²) < 4.78 is 6.31. The van der Waals surface area contributed by atoms with Crippen LogP contribution in [0.15, 0.2) is 24.5 Å². The Kier molecular flexibility index (Phi) is 2.71. The van der Waals surface area contributed by atoms with Gasteiger partial charge in [-0.25, -0.2) is 4.79 Å². The molecule has 1 N–H and O–H groups in total. The minimum Gasteiger partial charge on any atom is -0.464 e. The van der Waals surface area contributed by atoms with E-state index in [1.807, 2.05) is 0 Å². The van der Waals surface area contributed by atoms with Gasteiger partial charge in [0.15, 0.2) is 0 Å². The number of imide groups is 1. The molecule has 1 aromatic rings. The predicted molar refractivity (Wildman–Crippen MR) is 56.8 cm³/mol. The zero-order chi connectivity index (χ0) is 12.5. The Morgan fingerprint density at radius 3 is 2.59 bits per heavy atom. The minimum absolute atomic E-state index is 0.156. The van der Waals surface area contributed by atoms with Gasteiger partial charge in [-0.15, -0.1) is 0 Å². The van der Waals surface area contributed by atoms with Gasteiger partial charge in [0.1, 0.15) is 0 Å². The van der Waals surface area contributed by atoms with Gasteiger partial charge >= 0.3 is 5.97 Å². The van der Waals surface area contributed by atoms with Crippen molar-refractivity contribution < 1.29 is 19.1 Å². The van der Waals surface area contributed by atoms with Gasteiger partial charge in [-0.2, -0.15) is 0 Å². The van der Waals surface area contributed by atoms with Gasteiger partial charge in [0.2, 0.25) is 11.4 Å². The molecule has 1 saturated heterocycles. The molecule has 1 aliphatic rings. The molecule has 0 aliphatic carbocycles. The number of nitrogens with zero attached hydrogens (tertiary/aromatic N) is 1. The number of amides is 2. The average molecular weight is 236 g/mol. The molecule has 0 radical (unpaired) electrons. The van der Waals surface area contributed by atoms with Crippen molar-refractivity contribution in [3.63, 3.8) is 0 Å². The van der Waals surface area contributed by atoms with Gasteiger partial charge in [-0.1, -0.05) is 0 Å². The van der Waals surface area contributed by atoms with E-state index in [-0.39, 0.29) is 13.0 Å². The van der Waals surface area contributed by atoms with Crippen molar-refractivity contribution >= 4 is 17.8 Å². The normalized spacial score (nSPS) is 23.6. The van der Waals surface area contributed by atoms with E-state index in [1.165, 1.54) is 4.57 Å². The van der Waals surface area contributed by atoms with Crippen LogP contribution in [0.4, 0.5) is 0 Å². The highest BCUT2D eigenvalue weighted by molar-refractivity contribution is 6.17. The van der Waals surface area contributed by atoms with Gasteiger partial charge in [0.25, 0.3) is 5.91 Å². The molecule has 0 spiro atoms. The van der Waals surface area contributed by atoms with Crippen LogP contribution in [0.3, 0.4) is 0 Å². The maximum Gasteiger partial charge on any atom is 0.342 e. The fourth-order valence-corrected chi connectivity index (χ4v) is 1.91. The molecule has 2 rings (SSSR count). The lowest BCUT2D eigenvalue weighted by atomic mass is 9.97. The Morgan fingerprint density at radius 2 is 2.12 bits per heavy atom. The molecule has 90 valence electrons. The van der Waals surface area contributed by atoms with Crippen molar-refractivity contribution in [1.82, 2.24) is 9.88 Å². The number of nitrogens with one attached hydrogen (secondary N) is 1. The molecule has 0 aromatic carbocycles. The first-order valence-electron chi connectivity index (χ1n) is 5.26. The molecule has 1 atom stereocenters. The van der Waals surface area contributed by atoms with E-state index in [1.54, 1.807) is 31.5 Å². The summed E-state index contributed by atoms with van der Waals surface area (Å²) in [6, 6.07) is 3.36. The van der Waals surface area contributed by atoms with Gasteiger partial charge in [-0.3, -0.25) is 14.9 Å². The second kappa shape index (κ2) is 4.04. The van der Waals surface area contributed by atoms with Gasteiger partial charge in [0.05, 0.1) is 13.0 Å². The van der Waals surface area contributed by atoms with Crippen LogP contribution in [0, 0.1) is 0 Å². The third-order valence-electron chi connectivity index (χ3n) is 2.70. The molecule has 2 amide bonds. The van der Waals surface area contributed by atoms with Crippen LogP contribution in [-0.2, 0) is 24.7 Å². The van der Waals surface area contributed by atoms with E-state index >= 15 is 0 Å². The van der Waals surface area contributed by atoms with Crippen LogP contribution in [0.2, 0.25) is 0 Å². The number of aromatic nitrogens is 1. The van der Waals surface area contributed by atoms with Crippen LogP contribution < -0.4 is 5.32 Å². The van der Waals surface area contributed by atoms with Gasteiger partial charge in [0, 0.05) is 12.4 Å². The summed E-state index contributed by atoms with van der Waals surface area (Å²) in [7, 11) is 0. The number of hydrogen-bond acceptors (Lipinski definition) is 4. The number of carbonyl (C=O) groups is 3. The first kappa shape index (κ1) is 11.4. The van der Waals surface area contributed by atoms with E-state index in [0.29, 0.717) is 0 Å². The van der Waals surface area contributed by atoms with Gasteiger partial charge in [-0.05, 0) is 19.1 Å². The van der Waals surface area contributed by atoms with E-state index in [2.05, 4.69) is 5.32 Å². The van der Waals surface area contributed by atoms with Crippen LogP contribution >= 0.6 is 0 Å². The van der Waals surface area contributed by atoms with E-state index < -0.39 is 23.3 Å². The molecule has 1 aliphatic heterocycles. The highest BCUT2D eigenvalue weighted by atomic mass is 16.5. The largest absolute Gasteiger partial charge is 0.464 e. The molecule has 17 heavy (non-hydrogen) atoms. The number of rotatable bonds is 3. The first-order valence-corrected chi connectivity index (χ1v) is 5.26. The maximum absolute atomic E-state index is 12.0. The van der Waals surface area contributed by atoms with Crippen molar-refractivity contribution in [2.75, 3.05) is 6.61 Å². The zero-order valence-corrected chi connectivity index (χ0v) is 9.30. The minimum atomic E-state index is -1.59. The number of hydrogen-bond donors (Lipinski definition) is 1. The summed E-state index contributed by atoms with van der Waals surface area (Å²) in [5.74, 6) is -1.83. The van der Waals surface area contributed by atoms with E-state index in [9.17, 15) is 14.4 Å². The Balaban J connectivity index is 2.47. The second-order valence-corrected chi connectivity index (χ2v) is 3.73. The lowest BCUT2D eigenvalue weighted by Crippen LogP contribution is -2.48. The number of esters is 1. The highest BCUT2D eigenvalue weighted by Gasteiger charge is 2.55. The Morgan fingerprint density at radius 1 is 1.47 bits per heavy atom. The highest BCUT2D eigenvalue weighted by Crippen LogP contribution is 2.28. The molecule has 6 heteroatoms. The molecule has 1 aromatic heterocycles. The summed E-state index contributed by atoms with van der Waals surface area (Å²) in [5.41, 5.74) is -1.59. The van der Waals surface area contributed by atoms with Gasteiger partial charge < -0.3 is 9.30 Å². The standard InChI is InChI=1S/C11H12N2O4/c1-2-17-10(16)11(13-5-3-4-6-13)7-8(14)12-9(11)15/h3-6H,2,7H2,1H3,(H,12,14,15)/t11-/m0/s1. The molecule has 2 heterocycles. The monoisotopic (exact) mass is 236 g/mol. The molecule has 0 unspecified atom stereocenters. The van der Waals surface area contributed by atoms with Crippen molar-refractivity contribution in [3.8, 4) is 0 Å². The van der Waals surface area contributed by atoms with Crippen LogP contribution in [0.25, 0.3) is 0 Å². The lowest BCUT2D eigenvalue weighted by Gasteiger charge is -2.24. The molecule has 6 nitrogen and oxygen atoms in total. The smallest absolute Gasteiger partial charge is 0.342 e. The molecule has 0 bridgehead atoms. The number of ether oxygens (including phenoxy) is 1. The Bertz CT molecular complexity index is 466. The summed E-state index contributed by atoms with van der Waals surface area (Å²) in [5, 5.41) is 2.14. The third-order valence-corrected chi connectivity index (χ3v) is 2.70. The summed E-state index contributed by atoms with van der Waals surface area (Å²) in [6.45, 7) is 1.80. The van der Waals surface area contributed by atoms with Crippen molar-refractivity contribution in [3.05, 3.63) is 24.5 Å². The quantitative estimate of drug-likeness (QED) is 0.447.